The quantitative estimate of drug-likeness (QED) is 0.813. The van der Waals surface area contributed by atoms with Crippen LogP contribution in [0.15, 0.2) is 18.2 Å². The van der Waals surface area contributed by atoms with Gasteiger partial charge in [-0.1, -0.05) is 13.0 Å². The molecule has 0 radical (unpaired) electrons. The van der Waals surface area contributed by atoms with Crippen LogP contribution in [0.3, 0.4) is 0 Å². The number of ether oxygens (including phenoxy) is 1. The van der Waals surface area contributed by atoms with Crippen molar-refractivity contribution in [3.63, 3.8) is 0 Å². The summed E-state index contributed by atoms with van der Waals surface area (Å²) in [6.07, 6.45) is 5.59. The molecule has 0 spiro atoms. The molecule has 4 rings (SSSR count). The zero-order valence-corrected chi connectivity index (χ0v) is 14.9. The lowest BCUT2D eigenvalue weighted by molar-refractivity contribution is -0.0306. The Hall–Kier alpha value is -0.730. The van der Waals surface area contributed by atoms with Crippen molar-refractivity contribution in [2.75, 3.05) is 13.0 Å². The van der Waals surface area contributed by atoms with Crippen LogP contribution in [0.2, 0.25) is 0 Å². The summed E-state index contributed by atoms with van der Waals surface area (Å²) in [5.41, 5.74) is 3.08. The van der Waals surface area contributed by atoms with Gasteiger partial charge in [0.25, 0.3) is 0 Å². The number of aryl methyl sites for hydroxylation is 1. The number of aliphatic hydroxyl groups excluding tert-OH is 1. The lowest BCUT2D eigenvalue weighted by Crippen LogP contribution is -2.44. The summed E-state index contributed by atoms with van der Waals surface area (Å²) < 4.78 is 5.40. The number of halogens is 1. The lowest BCUT2D eigenvalue weighted by atomic mass is 9.55. The predicted molar refractivity (Wildman–Crippen MR) is 93.2 cm³/mol. The Labute approximate surface area is 144 Å². The Morgan fingerprint density at radius 2 is 2.17 bits per heavy atom. The molecule has 0 aliphatic heterocycles. The molecule has 1 aromatic carbocycles. The van der Waals surface area contributed by atoms with E-state index in [2.05, 4.69) is 25.1 Å². The second-order valence-corrected chi connectivity index (χ2v) is 8.43. The molecule has 23 heavy (non-hydrogen) atoms. The third-order valence-corrected chi connectivity index (χ3v) is 7.64. The van der Waals surface area contributed by atoms with Crippen molar-refractivity contribution in [1.29, 1.82) is 0 Å². The molecule has 0 aromatic heterocycles. The number of hydrogen-bond acceptors (Lipinski definition) is 2. The van der Waals surface area contributed by atoms with Crippen LogP contribution >= 0.6 is 11.6 Å². The molecule has 3 aliphatic carbocycles. The van der Waals surface area contributed by atoms with E-state index < -0.39 is 0 Å². The highest BCUT2D eigenvalue weighted by Crippen LogP contribution is 2.62. The van der Waals surface area contributed by atoms with Gasteiger partial charge in [-0.3, -0.25) is 0 Å². The van der Waals surface area contributed by atoms with Crippen LogP contribution in [0, 0.1) is 23.2 Å². The van der Waals surface area contributed by atoms with Crippen LogP contribution in [0.5, 0.6) is 5.75 Å². The van der Waals surface area contributed by atoms with E-state index in [1.54, 1.807) is 7.11 Å². The first-order valence-corrected chi connectivity index (χ1v) is 9.52. The zero-order valence-electron chi connectivity index (χ0n) is 14.1. The average molecular weight is 335 g/mol. The summed E-state index contributed by atoms with van der Waals surface area (Å²) in [4.78, 5) is 0. The Balaban J connectivity index is 1.67. The Bertz CT molecular complexity index is 601. The van der Waals surface area contributed by atoms with Gasteiger partial charge in [-0.15, -0.1) is 11.6 Å². The molecule has 2 fully saturated rings. The van der Waals surface area contributed by atoms with Crippen molar-refractivity contribution in [2.24, 2.45) is 23.2 Å². The third kappa shape index (κ3) is 2.25. The minimum Gasteiger partial charge on any atom is -0.497 e. The van der Waals surface area contributed by atoms with Crippen molar-refractivity contribution in [1.82, 2.24) is 0 Å². The van der Waals surface area contributed by atoms with E-state index in [0.717, 1.165) is 25.0 Å². The van der Waals surface area contributed by atoms with Gasteiger partial charge in [0.05, 0.1) is 13.2 Å². The summed E-state index contributed by atoms with van der Waals surface area (Å²) in [5, 5.41) is 10.8. The molecule has 2 saturated carbocycles. The van der Waals surface area contributed by atoms with Crippen LogP contribution in [0.4, 0.5) is 0 Å². The zero-order chi connectivity index (χ0) is 16.2. The summed E-state index contributed by atoms with van der Waals surface area (Å²) in [5.74, 6) is 3.83. The van der Waals surface area contributed by atoms with E-state index in [1.165, 1.54) is 24.0 Å². The van der Waals surface area contributed by atoms with Gasteiger partial charge in [-0.05, 0) is 84.5 Å². The summed E-state index contributed by atoms with van der Waals surface area (Å²) in [7, 11) is 1.74. The second kappa shape index (κ2) is 5.67. The Morgan fingerprint density at radius 3 is 2.91 bits per heavy atom. The molecular formula is C20H27ClO2. The summed E-state index contributed by atoms with van der Waals surface area (Å²) in [6, 6.07) is 6.63. The summed E-state index contributed by atoms with van der Waals surface area (Å²) in [6.45, 7) is 2.31. The minimum atomic E-state index is -0.219. The molecular weight excluding hydrogens is 308 g/mol. The molecule has 1 aromatic rings. The molecule has 3 aliphatic rings. The maximum atomic E-state index is 10.8. The van der Waals surface area contributed by atoms with Crippen LogP contribution in [-0.2, 0) is 6.42 Å². The largest absolute Gasteiger partial charge is 0.497 e. The van der Waals surface area contributed by atoms with E-state index in [-0.39, 0.29) is 17.4 Å². The first-order chi connectivity index (χ1) is 11.1. The number of benzene rings is 1. The fourth-order valence-corrected chi connectivity index (χ4v) is 6.28. The van der Waals surface area contributed by atoms with E-state index >= 15 is 0 Å². The Kier molecular flexibility index (Phi) is 3.89. The van der Waals surface area contributed by atoms with Gasteiger partial charge in [0.1, 0.15) is 5.75 Å². The fourth-order valence-electron chi connectivity index (χ4n) is 5.99. The first-order valence-electron chi connectivity index (χ1n) is 8.99. The lowest BCUT2D eigenvalue weighted by Gasteiger charge is -2.50. The van der Waals surface area contributed by atoms with Gasteiger partial charge >= 0.3 is 0 Å². The number of rotatable bonds is 2. The molecule has 0 unspecified atom stereocenters. The topological polar surface area (TPSA) is 29.5 Å². The van der Waals surface area contributed by atoms with Gasteiger partial charge in [-0.25, -0.2) is 0 Å². The van der Waals surface area contributed by atoms with Gasteiger partial charge in [0.2, 0.25) is 0 Å². The predicted octanol–water partition coefficient (Wildman–Crippen LogP) is 4.38. The fraction of sp³-hybridized carbons (Fsp3) is 0.700. The first kappa shape index (κ1) is 15.8. The number of hydrogen-bond donors (Lipinski definition) is 1. The minimum absolute atomic E-state index is 0.0741. The maximum Gasteiger partial charge on any atom is 0.119 e. The number of fused-ring (bicyclic) bond motifs is 5. The maximum absolute atomic E-state index is 10.8. The van der Waals surface area contributed by atoms with E-state index in [9.17, 15) is 5.11 Å². The molecule has 126 valence electrons. The number of methoxy groups -OCH3 is 1. The SMILES string of the molecule is COc1ccc2c(c1)CC[C@@H]1[C@@H]2CC[C@@]2(C)[C@@H](O)[C@H](CCl)C[C@@H]12. The number of alkyl halides is 1. The molecule has 0 amide bonds. The third-order valence-electron chi connectivity index (χ3n) is 7.25. The van der Waals surface area contributed by atoms with E-state index in [0.29, 0.717) is 23.6 Å². The highest BCUT2D eigenvalue weighted by molar-refractivity contribution is 6.18. The molecule has 2 nitrogen and oxygen atoms in total. The molecule has 1 N–H and O–H groups in total. The van der Waals surface area contributed by atoms with Crippen molar-refractivity contribution >= 4 is 11.6 Å². The van der Waals surface area contributed by atoms with E-state index in [1.807, 2.05) is 0 Å². The van der Waals surface area contributed by atoms with Crippen LogP contribution in [0.25, 0.3) is 0 Å². The van der Waals surface area contributed by atoms with Crippen LogP contribution in [-0.4, -0.2) is 24.2 Å². The summed E-state index contributed by atoms with van der Waals surface area (Å²) >= 11 is 6.15. The average Bonchev–Trinajstić information content (AvgIpc) is 2.85. The van der Waals surface area contributed by atoms with Gasteiger partial charge in [0, 0.05) is 5.88 Å². The van der Waals surface area contributed by atoms with Crippen molar-refractivity contribution in [3.05, 3.63) is 29.3 Å². The van der Waals surface area contributed by atoms with Crippen LogP contribution in [0.1, 0.15) is 49.7 Å². The molecule has 3 heteroatoms. The van der Waals surface area contributed by atoms with Crippen molar-refractivity contribution in [3.8, 4) is 5.75 Å². The van der Waals surface area contributed by atoms with Crippen molar-refractivity contribution in [2.45, 2.75) is 51.0 Å². The molecule has 0 bridgehead atoms. The molecule has 0 saturated heterocycles. The highest BCUT2D eigenvalue weighted by Gasteiger charge is 2.57. The standard InChI is InChI=1S/C20H27ClO2/c1-20-8-7-16-15-6-4-14(23-2)9-12(15)3-5-17(16)18(20)10-13(11-21)19(20)22/h4,6,9,13,16-19,22H,3,5,7-8,10-11H2,1-2H3/t13-,16+,17+,18-,19-,20+/m0/s1. The number of aliphatic hydroxyl groups is 1. The molecule has 0 heterocycles. The van der Waals surface area contributed by atoms with E-state index in [4.69, 9.17) is 16.3 Å². The monoisotopic (exact) mass is 334 g/mol. The van der Waals surface area contributed by atoms with Gasteiger partial charge in [-0.2, -0.15) is 0 Å². The Morgan fingerprint density at radius 1 is 1.35 bits per heavy atom. The normalized spacial score (nSPS) is 41.8. The van der Waals surface area contributed by atoms with Gasteiger partial charge < -0.3 is 9.84 Å². The van der Waals surface area contributed by atoms with Crippen LogP contribution < -0.4 is 4.74 Å². The highest BCUT2D eigenvalue weighted by atomic mass is 35.5. The smallest absolute Gasteiger partial charge is 0.119 e. The van der Waals surface area contributed by atoms with Crippen molar-refractivity contribution < 1.29 is 9.84 Å². The van der Waals surface area contributed by atoms with Gasteiger partial charge in [0.15, 0.2) is 0 Å². The molecule has 6 atom stereocenters. The second-order valence-electron chi connectivity index (χ2n) is 8.12.